The van der Waals surface area contributed by atoms with Crippen LogP contribution < -0.4 is 5.32 Å². The summed E-state index contributed by atoms with van der Waals surface area (Å²) in [6.07, 6.45) is 0. The zero-order chi connectivity index (χ0) is 14.8. The quantitative estimate of drug-likeness (QED) is 0.620. The van der Waals surface area contributed by atoms with Crippen molar-refractivity contribution >= 4 is 33.4 Å². The van der Waals surface area contributed by atoms with Crippen LogP contribution in [0.2, 0.25) is 0 Å². The van der Waals surface area contributed by atoms with Gasteiger partial charge in [0.25, 0.3) is 0 Å². The maximum absolute atomic E-state index is 3.50. The van der Waals surface area contributed by atoms with Crippen molar-refractivity contribution in [1.29, 1.82) is 0 Å². The van der Waals surface area contributed by atoms with Crippen LogP contribution in [-0.4, -0.2) is 7.05 Å². The van der Waals surface area contributed by atoms with Gasteiger partial charge in [0.05, 0.1) is 6.04 Å². The van der Waals surface area contributed by atoms with Crippen LogP contribution in [0, 0.1) is 10.5 Å². The van der Waals surface area contributed by atoms with E-state index in [0.717, 1.165) is 0 Å². The molecule has 0 aromatic heterocycles. The minimum absolute atomic E-state index is 0.212. The van der Waals surface area contributed by atoms with Crippen molar-refractivity contribution in [3.63, 3.8) is 0 Å². The monoisotopic (exact) mass is 387 g/mol. The molecule has 106 valence electrons. The van der Waals surface area contributed by atoms with Crippen molar-refractivity contribution in [2.75, 3.05) is 7.05 Å². The standard InChI is InChI=1S/C19H18IN/c1-13-11-12-14-7-3-4-8-15(14)18(13)19(21-2)16-9-5-6-10-17(16)20/h3-12,19,21H,1-2H3. The third-order valence-electron chi connectivity index (χ3n) is 3.98. The Bertz CT molecular complexity index is 779. The summed E-state index contributed by atoms with van der Waals surface area (Å²) in [5, 5.41) is 6.13. The topological polar surface area (TPSA) is 12.0 Å². The number of hydrogen-bond acceptors (Lipinski definition) is 1. The highest BCUT2D eigenvalue weighted by molar-refractivity contribution is 14.1. The summed E-state index contributed by atoms with van der Waals surface area (Å²) < 4.78 is 1.29. The zero-order valence-electron chi connectivity index (χ0n) is 12.2. The Morgan fingerprint density at radius 3 is 2.38 bits per heavy atom. The lowest BCUT2D eigenvalue weighted by atomic mass is 9.90. The fourth-order valence-electron chi connectivity index (χ4n) is 2.95. The van der Waals surface area contributed by atoms with Crippen LogP contribution in [0.1, 0.15) is 22.7 Å². The zero-order valence-corrected chi connectivity index (χ0v) is 14.4. The minimum Gasteiger partial charge on any atom is -0.309 e. The van der Waals surface area contributed by atoms with Crippen LogP contribution >= 0.6 is 22.6 Å². The van der Waals surface area contributed by atoms with Crippen LogP contribution in [-0.2, 0) is 0 Å². The van der Waals surface area contributed by atoms with E-state index < -0.39 is 0 Å². The number of halogens is 1. The summed E-state index contributed by atoms with van der Waals surface area (Å²) in [5.74, 6) is 0. The molecule has 3 aromatic rings. The largest absolute Gasteiger partial charge is 0.309 e. The molecule has 3 rings (SSSR count). The molecule has 21 heavy (non-hydrogen) atoms. The molecule has 0 aliphatic carbocycles. The van der Waals surface area contributed by atoms with Gasteiger partial charge in [-0.3, -0.25) is 0 Å². The van der Waals surface area contributed by atoms with Gasteiger partial charge in [0.15, 0.2) is 0 Å². The summed E-state index contributed by atoms with van der Waals surface area (Å²) in [7, 11) is 2.04. The number of benzene rings is 3. The molecule has 0 saturated heterocycles. The van der Waals surface area contributed by atoms with E-state index in [4.69, 9.17) is 0 Å². The van der Waals surface area contributed by atoms with Gasteiger partial charge < -0.3 is 5.32 Å². The molecule has 0 saturated carbocycles. The Morgan fingerprint density at radius 1 is 0.905 bits per heavy atom. The van der Waals surface area contributed by atoms with E-state index in [0.29, 0.717) is 0 Å². The number of hydrogen-bond donors (Lipinski definition) is 1. The van der Waals surface area contributed by atoms with Gasteiger partial charge in [0.2, 0.25) is 0 Å². The number of rotatable bonds is 3. The molecule has 1 nitrogen and oxygen atoms in total. The average Bonchev–Trinajstić information content (AvgIpc) is 2.51. The molecular weight excluding hydrogens is 369 g/mol. The minimum atomic E-state index is 0.212. The highest BCUT2D eigenvalue weighted by Crippen LogP contribution is 2.33. The SMILES string of the molecule is CNC(c1ccccc1I)c1c(C)ccc2ccccc12. The van der Waals surface area contributed by atoms with Crippen molar-refractivity contribution in [1.82, 2.24) is 5.32 Å². The highest BCUT2D eigenvalue weighted by Gasteiger charge is 2.18. The molecule has 0 radical (unpaired) electrons. The average molecular weight is 387 g/mol. The van der Waals surface area contributed by atoms with Gasteiger partial charge in [-0.05, 0) is 70.1 Å². The van der Waals surface area contributed by atoms with E-state index in [1.54, 1.807) is 0 Å². The Balaban J connectivity index is 2.27. The van der Waals surface area contributed by atoms with Gasteiger partial charge in [0.1, 0.15) is 0 Å². The van der Waals surface area contributed by atoms with E-state index in [1.165, 1.54) is 31.0 Å². The Morgan fingerprint density at radius 2 is 1.62 bits per heavy atom. The lowest BCUT2D eigenvalue weighted by Crippen LogP contribution is -2.20. The molecule has 1 N–H and O–H groups in total. The molecule has 3 aromatic carbocycles. The second-order valence-electron chi connectivity index (χ2n) is 5.26. The summed E-state index contributed by atoms with van der Waals surface area (Å²) in [6.45, 7) is 2.20. The Hall–Kier alpha value is -1.39. The predicted molar refractivity (Wildman–Crippen MR) is 98.7 cm³/mol. The predicted octanol–water partition coefficient (Wildman–Crippen LogP) is 5.06. The van der Waals surface area contributed by atoms with Gasteiger partial charge in [-0.25, -0.2) is 0 Å². The first-order chi connectivity index (χ1) is 10.2. The Labute approximate surface area is 139 Å². The van der Waals surface area contributed by atoms with Crippen LogP contribution in [0.5, 0.6) is 0 Å². The van der Waals surface area contributed by atoms with Crippen LogP contribution in [0.25, 0.3) is 10.8 Å². The lowest BCUT2D eigenvalue weighted by Gasteiger charge is -2.22. The first kappa shape index (κ1) is 14.5. The van der Waals surface area contributed by atoms with Gasteiger partial charge in [-0.2, -0.15) is 0 Å². The second kappa shape index (κ2) is 6.16. The van der Waals surface area contributed by atoms with Crippen molar-refractivity contribution in [3.05, 3.63) is 80.9 Å². The molecular formula is C19H18IN. The van der Waals surface area contributed by atoms with Crippen LogP contribution in [0.3, 0.4) is 0 Å². The molecule has 0 bridgehead atoms. The maximum Gasteiger partial charge on any atom is 0.0593 e. The first-order valence-corrected chi connectivity index (χ1v) is 8.20. The number of nitrogens with one attached hydrogen (secondary N) is 1. The van der Waals surface area contributed by atoms with Gasteiger partial charge in [-0.1, -0.05) is 54.6 Å². The van der Waals surface area contributed by atoms with E-state index >= 15 is 0 Å². The third kappa shape index (κ3) is 2.70. The van der Waals surface area contributed by atoms with E-state index in [1.807, 2.05) is 7.05 Å². The van der Waals surface area contributed by atoms with E-state index in [-0.39, 0.29) is 6.04 Å². The van der Waals surface area contributed by atoms with Crippen molar-refractivity contribution < 1.29 is 0 Å². The molecule has 0 spiro atoms. The molecule has 0 amide bonds. The summed E-state index contributed by atoms with van der Waals surface area (Å²) in [5.41, 5.74) is 4.03. The summed E-state index contributed by atoms with van der Waals surface area (Å²) in [4.78, 5) is 0. The molecule has 2 heteroatoms. The highest BCUT2D eigenvalue weighted by atomic mass is 127. The normalized spacial score (nSPS) is 12.5. The van der Waals surface area contributed by atoms with Crippen LogP contribution in [0.15, 0.2) is 60.7 Å². The fraction of sp³-hybridized carbons (Fsp3) is 0.158. The smallest absolute Gasteiger partial charge is 0.0593 e. The van der Waals surface area contributed by atoms with E-state index in [2.05, 4.69) is 95.5 Å². The fourth-order valence-corrected chi connectivity index (χ4v) is 3.65. The van der Waals surface area contributed by atoms with Crippen molar-refractivity contribution in [2.24, 2.45) is 0 Å². The molecule has 1 atom stereocenters. The molecule has 0 aliphatic heterocycles. The first-order valence-electron chi connectivity index (χ1n) is 7.12. The van der Waals surface area contributed by atoms with Crippen LogP contribution in [0.4, 0.5) is 0 Å². The molecule has 0 heterocycles. The molecule has 1 unspecified atom stereocenters. The van der Waals surface area contributed by atoms with Crippen molar-refractivity contribution in [3.8, 4) is 0 Å². The van der Waals surface area contributed by atoms with Gasteiger partial charge in [-0.15, -0.1) is 0 Å². The second-order valence-corrected chi connectivity index (χ2v) is 6.42. The van der Waals surface area contributed by atoms with Gasteiger partial charge in [0, 0.05) is 3.57 Å². The molecule has 0 aliphatic rings. The third-order valence-corrected chi connectivity index (χ3v) is 4.96. The number of aryl methyl sites for hydroxylation is 1. The van der Waals surface area contributed by atoms with Gasteiger partial charge >= 0.3 is 0 Å². The summed E-state index contributed by atoms with van der Waals surface area (Å²) in [6, 6.07) is 21.8. The number of fused-ring (bicyclic) bond motifs is 1. The lowest BCUT2D eigenvalue weighted by molar-refractivity contribution is 0.689. The van der Waals surface area contributed by atoms with E-state index in [9.17, 15) is 0 Å². The maximum atomic E-state index is 3.50. The Kier molecular flexibility index (Phi) is 4.27. The molecule has 0 fully saturated rings. The van der Waals surface area contributed by atoms with Crippen molar-refractivity contribution in [2.45, 2.75) is 13.0 Å². The summed E-state index contributed by atoms with van der Waals surface area (Å²) >= 11 is 2.42.